The zero-order valence-electron chi connectivity index (χ0n) is 14.1. The van der Waals surface area contributed by atoms with Gasteiger partial charge < -0.3 is 10.1 Å². The maximum Gasteiger partial charge on any atom is 0.259 e. The van der Waals surface area contributed by atoms with E-state index in [0.717, 1.165) is 17.8 Å². The first-order valence-corrected chi connectivity index (χ1v) is 8.94. The number of nitrogens with zero attached hydrogens (tertiary/aromatic N) is 2. The Balaban J connectivity index is 1.65. The van der Waals surface area contributed by atoms with Crippen LogP contribution in [0.15, 0.2) is 40.5 Å². The van der Waals surface area contributed by atoms with Gasteiger partial charge in [-0.05, 0) is 37.6 Å². The number of aryl methyl sites for hydroxylation is 1. The predicted octanol–water partition coefficient (Wildman–Crippen LogP) is 3.38. The summed E-state index contributed by atoms with van der Waals surface area (Å²) >= 11 is 1.43. The molecular weight excluding hydrogens is 338 g/mol. The van der Waals surface area contributed by atoms with Gasteiger partial charge in [0.05, 0.1) is 5.69 Å². The van der Waals surface area contributed by atoms with Crippen LogP contribution in [0.25, 0.3) is 4.96 Å². The number of benzene rings is 1. The average Bonchev–Trinajstić information content (AvgIpc) is 2.96. The fourth-order valence-corrected chi connectivity index (χ4v) is 3.31. The largest absolute Gasteiger partial charge is 0.487 e. The van der Waals surface area contributed by atoms with Crippen LogP contribution in [0.4, 0.5) is 5.69 Å². The normalized spacial score (nSPS) is 10.8. The molecule has 0 fully saturated rings. The van der Waals surface area contributed by atoms with E-state index in [2.05, 4.69) is 10.3 Å². The highest BCUT2D eigenvalue weighted by atomic mass is 32.1. The minimum absolute atomic E-state index is 0.000359. The van der Waals surface area contributed by atoms with E-state index in [1.165, 1.54) is 17.4 Å². The van der Waals surface area contributed by atoms with E-state index in [1.54, 1.807) is 28.7 Å². The van der Waals surface area contributed by atoms with Gasteiger partial charge in [0.2, 0.25) is 5.91 Å². The van der Waals surface area contributed by atoms with Gasteiger partial charge in [-0.3, -0.25) is 14.0 Å². The molecule has 0 radical (unpaired) electrons. The summed E-state index contributed by atoms with van der Waals surface area (Å²) in [5.74, 6) is 0.651. The van der Waals surface area contributed by atoms with Crippen molar-refractivity contribution in [3.63, 3.8) is 0 Å². The van der Waals surface area contributed by atoms with Gasteiger partial charge in [-0.25, -0.2) is 4.98 Å². The third kappa shape index (κ3) is 4.06. The van der Waals surface area contributed by atoms with Crippen LogP contribution in [0.3, 0.4) is 0 Å². The van der Waals surface area contributed by atoms with Crippen LogP contribution in [0.5, 0.6) is 5.75 Å². The van der Waals surface area contributed by atoms with Gasteiger partial charge in [-0.15, -0.1) is 11.3 Å². The molecule has 2 heterocycles. The van der Waals surface area contributed by atoms with Crippen molar-refractivity contribution in [3.8, 4) is 5.75 Å². The van der Waals surface area contributed by atoms with Crippen LogP contribution in [-0.2, 0) is 11.4 Å². The molecule has 3 rings (SSSR count). The Kier molecular flexibility index (Phi) is 5.14. The Morgan fingerprint density at radius 1 is 1.32 bits per heavy atom. The molecule has 0 saturated heterocycles. The molecule has 0 aliphatic rings. The molecule has 0 spiro atoms. The van der Waals surface area contributed by atoms with Crippen molar-refractivity contribution in [2.75, 3.05) is 5.32 Å². The van der Waals surface area contributed by atoms with Crippen LogP contribution in [0.2, 0.25) is 0 Å². The molecular formula is C18H19N3O3S. The smallest absolute Gasteiger partial charge is 0.259 e. The monoisotopic (exact) mass is 357 g/mol. The first-order valence-electron chi connectivity index (χ1n) is 8.06. The quantitative estimate of drug-likeness (QED) is 0.734. The molecule has 1 amide bonds. The van der Waals surface area contributed by atoms with Crippen molar-refractivity contribution in [1.82, 2.24) is 9.38 Å². The van der Waals surface area contributed by atoms with Gasteiger partial charge in [0.15, 0.2) is 4.96 Å². The molecule has 0 aliphatic heterocycles. The molecule has 2 aromatic heterocycles. The number of aromatic nitrogens is 2. The summed E-state index contributed by atoms with van der Waals surface area (Å²) in [6.45, 7) is 4.05. The van der Waals surface area contributed by atoms with E-state index in [4.69, 9.17) is 4.74 Å². The Morgan fingerprint density at radius 3 is 2.80 bits per heavy atom. The second kappa shape index (κ2) is 7.48. The lowest BCUT2D eigenvalue weighted by atomic mass is 10.2. The lowest BCUT2D eigenvalue weighted by Gasteiger charge is -2.08. The minimum Gasteiger partial charge on any atom is -0.487 e. The number of rotatable bonds is 6. The van der Waals surface area contributed by atoms with Crippen LogP contribution in [0, 0.1) is 6.92 Å². The van der Waals surface area contributed by atoms with Crippen LogP contribution in [0.1, 0.15) is 31.2 Å². The Bertz CT molecular complexity index is 944. The van der Waals surface area contributed by atoms with E-state index >= 15 is 0 Å². The Labute approximate surface area is 149 Å². The lowest BCUT2D eigenvalue weighted by Crippen LogP contribution is -2.16. The van der Waals surface area contributed by atoms with Crippen molar-refractivity contribution in [2.24, 2.45) is 0 Å². The molecule has 25 heavy (non-hydrogen) atoms. The van der Waals surface area contributed by atoms with Gasteiger partial charge >= 0.3 is 0 Å². The first kappa shape index (κ1) is 17.2. The van der Waals surface area contributed by atoms with Crippen LogP contribution >= 0.6 is 11.3 Å². The summed E-state index contributed by atoms with van der Waals surface area (Å²) in [5.41, 5.74) is 2.10. The maximum atomic E-state index is 12.1. The topological polar surface area (TPSA) is 72.7 Å². The number of carbonyl (C=O) groups excluding carboxylic acids is 1. The third-order valence-electron chi connectivity index (χ3n) is 3.63. The summed E-state index contributed by atoms with van der Waals surface area (Å²) in [7, 11) is 0. The number of fused-ring (bicyclic) bond motifs is 1. The predicted molar refractivity (Wildman–Crippen MR) is 98.4 cm³/mol. The highest BCUT2D eigenvalue weighted by Gasteiger charge is 2.07. The van der Waals surface area contributed by atoms with E-state index < -0.39 is 0 Å². The number of anilines is 1. The molecule has 1 aromatic carbocycles. The Hall–Kier alpha value is -2.67. The molecule has 1 N–H and O–H groups in total. The number of carbonyl (C=O) groups is 1. The zero-order valence-corrected chi connectivity index (χ0v) is 14.9. The summed E-state index contributed by atoms with van der Waals surface area (Å²) in [4.78, 5) is 28.8. The number of ether oxygens (including phenoxy) is 1. The van der Waals surface area contributed by atoms with Crippen LogP contribution < -0.4 is 15.6 Å². The van der Waals surface area contributed by atoms with E-state index in [-0.39, 0.29) is 18.1 Å². The second-order valence-corrected chi connectivity index (χ2v) is 6.53. The molecule has 3 aromatic rings. The number of hydrogen-bond donors (Lipinski definition) is 1. The summed E-state index contributed by atoms with van der Waals surface area (Å²) < 4.78 is 7.28. The highest BCUT2D eigenvalue weighted by molar-refractivity contribution is 7.15. The number of amides is 1. The highest BCUT2D eigenvalue weighted by Crippen LogP contribution is 2.17. The van der Waals surface area contributed by atoms with Crippen molar-refractivity contribution >= 4 is 27.9 Å². The number of thiazole rings is 1. The van der Waals surface area contributed by atoms with Crippen molar-refractivity contribution in [2.45, 2.75) is 33.3 Å². The minimum atomic E-state index is -0.101. The van der Waals surface area contributed by atoms with Gasteiger partial charge in [-0.2, -0.15) is 0 Å². The van der Waals surface area contributed by atoms with Gasteiger partial charge in [-0.1, -0.05) is 6.92 Å². The summed E-state index contributed by atoms with van der Waals surface area (Å²) in [6, 6.07) is 8.63. The fourth-order valence-electron chi connectivity index (χ4n) is 2.42. The third-order valence-corrected chi connectivity index (χ3v) is 4.57. The van der Waals surface area contributed by atoms with Crippen molar-refractivity contribution in [1.29, 1.82) is 0 Å². The molecule has 0 saturated carbocycles. The summed E-state index contributed by atoms with van der Waals surface area (Å²) in [5, 5.41) is 4.73. The van der Waals surface area contributed by atoms with Gasteiger partial charge in [0, 0.05) is 29.2 Å². The number of hydrogen-bond acceptors (Lipinski definition) is 5. The van der Waals surface area contributed by atoms with Gasteiger partial charge in [0.25, 0.3) is 5.56 Å². The van der Waals surface area contributed by atoms with Crippen LogP contribution in [-0.4, -0.2) is 15.3 Å². The lowest BCUT2D eigenvalue weighted by molar-refractivity contribution is -0.116. The molecule has 0 bridgehead atoms. The van der Waals surface area contributed by atoms with Crippen molar-refractivity contribution < 1.29 is 9.53 Å². The zero-order chi connectivity index (χ0) is 17.8. The molecule has 0 unspecified atom stereocenters. The number of nitrogens with one attached hydrogen (secondary N) is 1. The Morgan fingerprint density at radius 2 is 2.08 bits per heavy atom. The van der Waals surface area contributed by atoms with Crippen molar-refractivity contribution in [3.05, 3.63) is 57.5 Å². The first-order chi connectivity index (χ1) is 12.1. The maximum absolute atomic E-state index is 12.1. The molecule has 7 heteroatoms. The standard InChI is InChI=1S/C18H19N3O3S/c1-3-4-16(22)19-13-5-7-15(8-6-13)24-10-14-9-17(23)21-12(2)11-25-18(21)20-14/h5-9,11H,3-4,10H2,1-2H3,(H,19,22). The summed E-state index contributed by atoms with van der Waals surface area (Å²) in [6.07, 6.45) is 1.32. The fraction of sp³-hybridized carbons (Fsp3) is 0.278. The van der Waals surface area contributed by atoms with E-state index in [1.807, 2.05) is 19.2 Å². The molecule has 0 atom stereocenters. The van der Waals surface area contributed by atoms with Gasteiger partial charge in [0.1, 0.15) is 12.4 Å². The van der Waals surface area contributed by atoms with E-state index in [0.29, 0.717) is 22.8 Å². The molecule has 130 valence electrons. The molecule has 6 nitrogen and oxygen atoms in total. The average molecular weight is 357 g/mol. The second-order valence-electron chi connectivity index (χ2n) is 5.69. The SMILES string of the molecule is CCCC(=O)Nc1ccc(OCc2cc(=O)n3c(C)csc3n2)cc1. The van der Waals surface area contributed by atoms with E-state index in [9.17, 15) is 9.59 Å². The molecule has 0 aliphatic carbocycles.